The van der Waals surface area contributed by atoms with E-state index < -0.39 is 10.0 Å². The van der Waals surface area contributed by atoms with Crippen molar-refractivity contribution in [1.82, 2.24) is 14.5 Å². The van der Waals surface area contributed by atoms with Crippen LogP contribution in [0.25, 0.3) is 0 Å². The maximum atomic E-state index is 12.8. The Morgan fingerprint density at radius 2 is 1.86 bits per heavy atom. The molecule has 0 spiro atoms. The summed E-state index contributed by atoms with van der Waals surface area (Å²) in [5.41, 5.74) is 6.78. The number of hydrogen-bond donors (Lipinski definition) is 2. The van der Waals surface area contributed by atoms with Gasteiger partial charge in [0, 0.05) is 12.6 Å². The molecule has 7 heteroatoms. The highest BCUT2D eigenvalue weighted by atomic mass is 32.2. The minimum atomic E-state index is -3.50. The Kier molecular flexibility index (Phi) is 3.83. The van der Waals surface area contributed by atoms with Gasteiger partial charge >= 0.3 is 0 Å². The molecule has 0 radical (unpaired) electrons. The molecule has 2 fully saturated rings. The molecule has 1 heterocycles. The van der Waals surface area contributed by atoms with E-state index in [1.807, 2.05) is 0 Å². The van der Waals surface area contributed by atoms with Gasteiger partial charge in [0.05, 0.1) is 17.9 Å². The molecule has 6 nitrogen and oxygen atoms in total. The summed E-state index contributed by atoms with van der Waals surface area (Å²) in [7, 11) is -3.50. The van der Waals surface area contributed by atoms with Crippen molar-refractivity contribution in [3.05, 3.63) is 11.4 Å². The Hall–Kier alpha value is -0.920. The summed E-state index contributed by atoms with van der Waals surface area (Å²) in [4.78, 5) is 0.335. The van der Waals surface area contributed by atoms with Crippen molar-refractivity contribution in [2.24, 2.45) is 17.6 Å². The van der Waals surface area contributed by atoms with Crippen LogP contribution in [0.5, 0.6) is 0 Å². The molecule has 1 aromatic rings. The van der Waals surface area contributed by atoms with Crippen LogP contribution in [-0.2, 0) is 16.6 Å². The van der Waals surface area contributed by atoms with Crippen molar-refractivity contribution in [1.29, 1.82) is 0 Å². The quantitative estimate of drug-likeness (QED) is 0.783. The molecule has 2 aliphatic carbocycles. The first-order valence-electron chi connectivity index (χ1n) is 7.70. The van der Waals surface area contributed by atoms with Gasteiger partial charge in [-0.1, -0.05) is 0 Å². The van der Waals surface area contributed by atoms with Crippen LogP contribution >= 0.6 is 0 Å². The van der Waals surface area contributed by atoms with Gasteiger partial charge < -0.3 is 5.73 Å². The summed E-state index contributed by atoms with van der Waals surface area (Å²) in [5.74, 6) is 1.07. The summed E-state index contributed by atoms with van der Waals surface area (Å²) < 4.78 is 30.2. The standard InChI is InChI=1S/C14H24N4O2S/c1-9-14(10(2)18(16-9)8-7-15)21(19,20)17-13(11-3-4-11)12-5-6-12/h11-13,17H,3-8,15H2,1-2H3. The zero-order valence-corrected chi connectivity index (χ0v) is 13.5. The lowest BCUT2D eigenvalue weighted by Crippen LogP contribution is -2.38. The van der Waals surface area contributed by atoms with Crippen LogP contribution in [0.1, 0.15) is 37.1 Å². The number of nitrogens with one attached hydrogen (secondary N) is 1. The van der Waals surface area contributed by atoms with Crippen LogP contribution < -0.4 is 10.5 Å². The lowest BCUT2D eigenvalue weighted by atomic mass is 10.1. The van der Waals surface area contributed by atoms with E-state index in [1.165, 1.54) is 0 Å². The van der Waals surface area contributed by atoms with Crippen molar-refractivity contribution in [3.63, 3.8) is 0 Å². The second-order valence-electron chi connectivity index (χ2n) is 6.33. The van der Waals surface area contributed by atoms with Gasteiger partial charge in [-0.05, 0) is 51.4 Å². The predicted molar refractivity (Wildman–Crippen MR) is 80.3 cm³/mol. The number of aryl methyl sites for hydroxylation is 1. The topological polar surface area (TPSA) is 90.0 Å². The predicted octanol–water partition coefficient (Wildman–Crippen LogP) is 0.926. The maximum absolute atomic E-state index is 12.8. The number of hydrogen-bond acceptors (Lipinski definition) is 4. The molecular weight excluding hydrogens is 288 g/mol. The van der Waals surface area contributed by atoms with E-state index in [-0.39, 0.29) is 6.04 Å². The minimum absolute atomic E-state index is 0.117. The van der Waals surface area contributed by atoms with Gasteiger partial charge in [0.2, 0.25) is 10.0 Å². The van der Waals surface area contributed by atoms with Gasteiger partial charge in [0.25, 0.3) is 0 Å². The van der Waals surface area contributed by atoms with Gasteiger partial charge in [-0.2, -0.15) is 5.10 Å². The third-order valence-electron chi connectivity index (χ3n) is 4.48. The highest BCUT2D eigenvalue weighted by Crippen LogP contribution is 2.45. The Morgan fingerprint density at radius 3 is 2.33 bits per heavy atom. The fourth-order valence-corrected chi connectivity index (χ4v) is 4.92. The van der Waals surface area contributed by atoms with Crippen molar-refractivity contribution in [2.75, 3.05) is 6.54 Å². The Balaban J connectivity index is 1.87. The largest absolute Gasteiger partial charge is 0.329 e. The molecule has 0 saturated heterocycles. The smallest absolute Gasteiger partial charge is 0.244 e. The Labute approximate surface area is 126 Å². The Bertz CT molecular complexity index is 618. The van der Waals surface area contributed by atoms with Gasteiger partial charge in [0.1, 0.15) is 4.90 Å². The van der Waals surface area contributed by atoms with E-state index in [0.717, 1.165) is 25.7 Å². The number of sulfonamides is 1. The van der Waals surface area contributed by atoms with E-state index in [0.29, 0.717) is 41.2 Å². The van der Waals surface area contributed by atoms with E-state index in [1.54, 1.807) is 18.5 Å². The number of aromatic nitrogens is 2. The van der Waals surface area contributed by atoms with Crippen LogP contribution in [0.15, 0.2) is 4.90 Å². The average Bonchev–Trinajstić information content (AvgIpc) is 3.27. The summed E-state index contributed by atoms with van der Waals surface area (Å²) in [6, 6.07) is 0.117. The van der Waals surface area contributed by atoms with E-state index >= 15 is 0 Å². The van der Waals surface area contributed by atoms with Gasteiger partial charge in [0.15, 0.2) is 0 Å². The van der Waals surface area contributed by atoms with Crippen LogP contribution in [0.4, 0.5) is 0 Å². The minimum Gasteiger partial charge on any atom is -0.329 e. The number of rotatable bonds is 7. The van der Waals surface area contributed by atoms with Crippen molar-refractivity contribution < 1.29 is 8.42 Å². The molecular formula is C14H24N4O2S. The molecule has 0 unspecified atom stereocenters. The van der Waals surface area contributed by atoms with Gasteiger partial charge in [-0.3, -0.25) is 4.68 Å². The molecule has 0 atom stereocenters. The molecule has 0 aromatic carbocycles. The van der Waals surface area contributed by atoms with Gasteiger partial charge in [-0.25, -0.2) is 13.1 Å². The lowest BCUT2D eigenvalue weighted by Gasteiger charge is -2.18. The second-order valence-corrected chi connectivity index (χ2v) is 7.98. The molecule has 2 aliphatic rings. The molecule has 0 amide bonds. The van der Waals surface area contributed by atoms with Crippen molar-refractivity contribution in [2.45, 2.75) is 57.0 Å². The lowest BCUT2D eigenvalue weighted by molar-refractivity contribution is 0.471. The first kappa shape index (κ1) is 15.0. The van der Waals surface area contributed by atoms with Gasteiger partial charge in [-0.15, -0.1) is 0 Å². The normalized spacial score (nSPS) is 19.4. The first-order chi connectivity index (χ1) is 9.94. The molecule has 0 aliphatic heterocycles. The monoisotopic (exact) mass is 312 g/mol. The van der Waals surface area contributed by atoms with Crippen LogP contribution in [-0.4, -0.2) is 30.8 Å². The van der Waals surface area contributed by atoms with E-state index in [2.05, 4.69) is 9.82 Å². The van der Waals surface area contributed by atoms with Crippen LogP contribution in [0, 0.1) is 25.7 Å². The van der Waals surface area contributed by atoms with E-state index in [9.17, 15) is 8.42 Å². The molecule has 0 bridgehead atoms. The van der Waals surface area contributed by atoms with Crippen molar-refractivity contribution in [3.8, 4) is 0 Å². The maximum Gasteiger partial charge on any atom is 0.244 e. The zero-order chi connectivity index (χ0) is 15.2. The molecule has 118 valence electrons. The van der Waals surface area contributed by atoms with Crippen molar-refractivity contribution >= 4 is 10.0 Å². The fourth-order valence-electron chi connectivity index (χ4n) is 3.14. The highest BCUT2D eigenvalue weighted by Gasteiger charge is 2.44. The summed E-state index contributed by atoms with van der Waals surface area (Å²) >= 11 is 0. The van der Waals surface area contributed by atoms with Crippen LogP contribution in [0.3, 0.4) is 0 Å². The van der Waals surface area contributed by atoms with Crippen LogP contribution in [0.2, 0.25) is 0 Å². The average molecular weight is 312 g/mol. The number of nitrogens with zero attached hydrogens (tertiary/aromatic N) is 2. The first-order valence-corrected chi connectivity index (χ1v) is 9.18. The third kappa shape index (κ3) is 3.00. The van der Waals surface area contributed by atoms with E-state index in [4.69, 9.17) is 5.73 Å². The second kappa shape index (κ2) is 5.37. The molecule has 2 saturated carbocycles. The summed E-state index contributed by atoms with van der Waals surface area (Å²) in [6.45, 7) is 4.53. The summed E-state index contributed by atoms with van der Waals surface area (Å²) in [5, 5.41) is 4.31. The third-order valence-corrected chi connectivity index (χ3v) is 6.19. The SMILES string of the molecule is Cc1nn(CCN)c(C)c1S(=O)(=O)NC(C1CC1)C1CC1. The highest BCUT2D eigenvalue weighted by molar-refractivity contribution is 7.89. The molecule has 3 rings (SSSR count). The molecule has 1 aromatic heterocycles. The summed E-state index contributed by atoms with van der Waals surface area (Å²) in [6.07, 6.45) is 4.59. The molecule has 3 N–H and O–H groups in total. The molecule has 21 heavy (non-hydrogen) atoms. The number of nitrogens with two attached hydrogens (primary N) is 1. The fraction of sp³-hybridized carbons (Fsp3) is 0.786. The zero-order valence-electron chi connectivity index (χ0n) is 12.7. The Morgan fingerprint density at radius 1 is 1.29 bits per heavy atom.